The van der Waals surface area contributed by atoms with Crippen LogP contribution in [0.2, 0.25) is 0 Å². The van der Waals surface area contributed by atoms with Gasteiger partial charge in [0.15, 0.2) is 0 Å². The third kappa shape index (κ3) is 4.12. The Bertz CT molecular complexity index is 1500. The molecule has 0 radical (unpaired) electrons. The van der Waals surface area contributed by atoms with Crippen LogP contribution >= 0.6 is 11.8 Å². The van der Waals surface area contributed by atoms with E-state index in [9.17, 15) is 9.59 Å². The van der Waals surface area contributed by atoms with Crippen molar-refractivity contribution in [2.45, 2.75) is 36.2 Å². The number of aromatic nitrogens is 1. The Balaban J connectivity index is 1.36. The molecule has 0 saturated heterocycles. The number of benzene rings is 3. The molecule has 176 valence electrons. The van der Waals surface area contributed by atoms with Crippen molar-refractivity contribution >= 4 is 34.1 Å². The predicted octanol–water partition coefficient (Wildman–Crippen LogP) is 5.76. The molecule has 1 N–H and O–H groups in total. The first-order valence-electron chi connectivity index (χ1n) is 11.9. The molecule has 1 saturated carbocycles. The minimum atomic E-state index is -0.530. The van der Waals surface area contributed by atoms with Crippen LogP contribution in [-0.2, 0) is 11.2 Å². The fourth-order valence-electron chi connectivity index (χ4n) is 5.06. The highest BCUT2D eigenvalue weighted by atomic mass is 32.2. The standard InChI is InChI=1S/C29H26N2O3S/c1-34-23-10-5-9-22(16-23)30-28(33)25-17-35-29-27(19-12-13-19)21(15-26(32)31(25)29)14-20-8-4-7-18-6-2-3-11-24(18)20/h2-11,15-16,19,25H,12-14,17H2,1H3,(H,30,33)/t25-/m0/s1. The average Bonchev–Trinajstić information content (AvgIpc) is 3.61. The van der Waals surface area contributed by atoms with Crippen molar-refractivity contribution < 1.29 is 9.53 Å². The van der Waals surface area contributed by atoms with Crippen LogP contribution in [0.3, 0.4) is 0 Å². The zero-order valence-corrected chi connectivity index (χ0v) is 20.3. The van der Waals surface area contributed by atoms with E-state index >= 15 is 0 Å². The number of methoxy groups -OCH3 is 1. The molecule has 6 rings (SSSR count). The van der Waals surface area contributed by atoms with E-state index in [1.807, 2.05) is 18.2 Å². The van der Waals surface area contributed by atoms with Gasteiger partial charge in [0, 0.05) is 23.6 Å². The van der Waals surface area contributed by atoms with E-state index < -0.39 is 6.04 Å². The molecule has 6 heteroatoms. The molecule has 1 amide bonds. The Morgan fingerprint density at radius 1 is 1.03 bits per heavy atom. The van der Waals surface area contributed by atoms with Crippen LogP contribution in [0.25, 0.3) is 10.8 Å². The fourth-order valence-corrected chi connectivity index (χ4v) is 6.49. The highest BCUT2D eigenvalue weighted by Crippen LogP contribution is 2.48. The van der Waals surface area contributed by atoms with Gasteiger partial charge < -0.3 is 10.1 Å². The van der Waals surface area contributed by atoms with Crippen molar-refractivity contribution in [1.82, 2.24) is 4.57 Å². The van der Waals surface area contributed by atoms with Crippen molar-refractivity contribution in [3.63, 3.8) is 0 Å². The fraction of sp³-hybridized carbons (Fsp3) is 0.241. The zero-order valence-electron chi connectivity index (χ0n) is 19.5. The smallest absolute Gasteiger partial charge is 0.252 e. The maximum absolute atomic E-state index is 13.4. The van der Waals surface area contributed by atoms with E-state index in [2.05, 4.69) is 47.8 Å². The molecule has 2 aliphatic rings. The number of carbonyl (C=O) groups is 1. The number of anilines is 1. The lowest BCUT2D eigenvalue weighted by Gasteiger charge is -2.18. The molecule has 35 heavy (non-hydrogen) atoms. The van der Waals surface area contributed by atoms with Crippen LogP contribution in [0.4, 0.5) is 5.69 Å². The summed E-state index contributed by atoms with van der Waals surface area (Å²) in [6.45, 7) is 0. The summed E-state index contributed by atoms with van der Waals surface area (Å²) >= 11 is 1.64. The van der Waals surface area contributed by atoms with Crippen molar-refractivity contribution in [2.24, 2.45) is 0 Å². The van der Waals surface area contributed by atoms with Gasteiger partial charge in [-0.1, -0.05) is 48.5 Å². The van der Waals surface area contributed by atoms with Crippen molar-refractivity contribution in [3.8, 4) is 5.75 Å². The zero-order chi connectivity index (χ0) is 23.9. The summed E-state index contributed by atoms with van der Waals surface area (Å²) in [5.41, 5.74) is 4.15. The first kappa shape index (κ1) is 22.0. The van der Waals surface area contributed by atoms with Gasteiger partial charge >= 0.3 is 0 Å². The molecule has 0 bridgehead atoms. The normalized spacial score (nSPS) is 16.8. The first-order chi connectivity index (χ1) is 17.1. The summed E-state index contributed by atoms with van der Waals surface area (Å²) in [6, 6.07) is 23.3. The number of carbonyl (C=O) groups excluding carboxylic acids is 1. The number of ether oxygens (including phenoxy) is 1. The van der Waals surface area contributed by atoms with Gasteiger partial charge in [-0.25, -0.2) is 0 Å². The van der Waals surface area contributed by atoms with Crippen LogP contribution in [0.15, 0.2) is 82.6 Å². The summed E-state index contributed by atoms with van der Waals surface area (Å²) in [6.07, 6.45) is 2.99. The number of nitrogens with zero attached hydrogens (tertiary/aromatic N) is 1. The van der Waals surface area contributed by atoms with E-state index in [0.29, 0.717) is 23.1 Å². The lowest BCUT2D eigenvalue weighted by molar-refractivity contribution is -0.118. The minimum Gasteiger partial charge on any atom is -0.497 e. The molecule has 1 fully saturated rings. The summed E-state index contributed by atoms with van der Waals surface area (Å²) in [4.78, 5) is 26.6. The number of hydrogen-bond donors (Lipinski definition) is 1. The number of rotatable bonds is 6. The summed E-state index contributed by atoms with van der Waals surface area (Å²) in [5, 5.41) is 6.38. The number of fused-ring (bicyclic) bond motifs is 2. The van der Waals surface area contributed by atoms with E-state index in [1.165, 1.54) is 21.9 Å². The predicted molar refractivity (Wildman–Crippen MR) is 141 cm³/mol. The molecule has 1 aliphatic heterocycles. The van der Waals surface area contributed by atoms with Gasteiger partial charge in [-0.2, -0.15) is 0 Å². The van der Waals surface area contributed by atoms with Crippen molar-refractivity contribution in [3.05, 3.63) is 99.8 Å². The molecule has 0 unspecified atom stereocenters. The molecule has 4 aromatic rings. The van der Waals surface area contributed by atoms with Crippen LogP contribution in [0.1, 0.15) is 41.5 Å². The topological polar surface area (TPSA) is 60.3 Å². The number of nitrogens with one attached hydrogen (secondary N) is 1. The molecular formula is C29H26N2O3S. The monoisotopic (exact) mass is 482 g/mol. The van der Waals surface area contributed by atoms with E-state index in [1.54, 1.807) is 35.6 Å². The lowest BCUT2D eigenvalue weighted by Crippen LogP contribution is -2.33. The van der Waals surface area contributed by atoms with E-state index in [0.717, 1.165) is 29.9 Å². The Morgan fingerprint density at radius 2 is 1.83 bits per heavy atom. The number of thioether (sulfide) groups is 1. The van der Waals surface area contributed by atoms with Gasteiger partial charge in [0.05, 0.1) is 12.1 Å². The van der Waals surface area contributed by atoms with Crippen molar-refractivity contribution in [1.29, 1.82) is 0 Å². The van der Waals surface area contributed by atoms with Crippen LogP contribution in [0.5, 0.6) is 5.75 Å². The third-order valence-corrected chi connectivity index (χ3v) is 8.08. The Morgan fingerprint density at radius 3 is 2.66 bits per heavy atom. The molecule has 1 atom stereocenters. The van der Waals surface area contributed by atoms with E-state index in [4.69, 9.17) is 4.74 Å². The van der Waals surface area contributed by atoms with Gasteiger partial charge in [0.2, 0.25) is 5.91 Å². The molecule has 2 heterocycles. The van der Waals surface area contributed by atoms with Gasteiger partial charge in [0.1, 0.15) is 11.8 Å². The van der Waals surface area contributed by atoms with Crippen LogP contribution in [-0.4, -0.2) is 23.3 Å². The average molecular weight is 483 g/mol. The van der Waals surface area contributed by atoms with Gasteiger partial charge in [-0.15, -0.1) is 11.8 Å². The second kappa shape index (κ2) is 8.93. The Labute approximate surface area is 208 Å². The quantitative estimate of drug-likeness (QED) is 0.379. The second-order valence-electron chi connectivity index (χ2n) is 9.23. The SMILES string of the molecule is COc1cccc(NC(=O)[C@@H]2CSc3c(C4CC4)c(Cc4cccc5ccccc45)cc(=O)n32)c1. The number of pyridine rings is 1. The summed E-state index contributed by atoms with van der Waals surface area (Å²) in [5.74, 6) is 1.53. The molecular weight excluding hydrogens is 456 g/mol. The van der Waals surface area contributed by atoms with Crippen molar-refractivity contribution in [2.75, 3.05) is 18.2 Å². The minimum absolute atomic E-state index is 0.101. The lowest BCUT2D eigenvalue weighted by atomic mass is 9.95. The molecule has 0 spiro atoms. The largest absolute Gasteiger partial charge is 0.497 e. The molecule has 1 aliphatic carbocycles. The number of hydrogen-bond acceptors (Lipinski definition) is 4. The van der Waals surface area contributed by atoms with Gasteiger partial charge in [-0.05, 0) is 64.8 Å². The number of amides is 1. The molecule has 1 aromatic heterocycles. The summed E-state index contributed by atoms with van der Waals surface area (Å²) < 4.78 is 6.99. The molecule has 3 aromatic carbocycles. The molecule has 5 nitrogen and oxygen atoms in total. The maximum atomic E-state index is 13.4. The maximum Gasteiger partial charge on any atom is 0.252 e. The Kier molecular flexibility index (Phi) is 5.61. The highest BCUT2D eigenvalue weighted by molar-refractivity contribution is 7.99. The highest BCUT2D eigenvalue weighted by Gasteiger charge is 2.37. The van der Waals surface area contributed by atoms with Gasteiger partial charge in [-0.3, -0.25) is 14.2 Å². The second-order valence-corrected chi connectivity index (χ2v) is 10.2. The first-order valence-corrected chi connectivity index (χ1v) is 12.9. The van der Waals surface area contributed by atoms with Crippen LogP contribution in [0, 0.1) is 0 Å². The Hall–Kier alpha value is -3.51. The van der Waals surface area contributed by atoms with Gasteiger partial charge in [0.25, 0.3) is 5.56 Å². The van der Waals surface area contributed by atoms with Crippen LogP contribution < -0.4 is 15.6 Å². The van der Waals surface area contributed by atoms with E-state index in [-0.39, 0.29) is 11.5 Å². The third-order valence-electron chi connectivity index (χ3n) is 6.91. The summed E-state index contributed by atoms with van der Waals surface area (Å²) in [7, 11) is 1.60.